The van der Waals surface area contributed by atoms with Gasteiger partial charge in [-0.05, 0) is 24.3 Å². The highest BCUT2D eigenvalue weighted by atomic mass is 16.5. The Hall–Kier alpha value is -3.88. The number of aromatic carboxylic acids is 1. The first-order chi connectivity index (χ1) is 13.1. The van der Waals surface area contributed by atoms with E-state index in [0.29, 0.717) is 28.1 Å². The number of ether oxygens (including phenoxy) is 1. The monoisotopic (exact) mass is 366 g/mol. The third-order valence-electron chi connectivity index (χ3n) is 4.09. The highest BCUT2D eigenvalue weighted by molar-refractivity contribution is 6.03. The number of carbonyl (C=O) groups excluding carboxylic acids is 1. The summed E-state index contributed by atoms with van der Waals surface area (Å²) >= 11 is 0. The maximum absolute atomic E-state index is 12.4. The second-order valence-corrected chi connectivity index (χ2v) is 5.70. The van der Waals surface area contributed by atoms with Crippen molar-refractivity contribution in [3.05, 3.63) is 59.7 Å². The summed E-state index contributed by atoms with van der Waals surface area (Å²) < 4.78 is 12.4. The lowest BCUT2D eigenvalue weighted by Crippen LogP contribution is -2.22. The first kappa shape index (κ1) is 16.6. The van der Waals surface area contributed by atoms with E-state index in [9.17, 15) is 14.7 Å². The van der Waals surface area contributed by atoms with Crippen molar-refractivity contribution in [1.29, 1.82) is 0 Å². The highest BCUT2D eigenvalue weighted by Gasteiger charge is 2.18. The van der Waals surface area contributed by atoms with Crippen molar-refractivity contribution in [2.45, 2.75) is 6.54 Å². The fraction of sp³-hybridized carbons (Fsp3) is 0.111. The van der Waals surface area contributed by atoms with Crippen LogP contribution in [0.25, 0.3) is 16.6 Å². The van der Waals surface area contributed by atoms with E-state index in [1.807, 2.05) is 0 Å². The summed E-state index contributed by atoms with van der Waals surface area (Å²) in [5.41, 5.74) is 0.990. The Kier molecular flexibility index (Phi) is 3.96. The molecule has 0 bridgehead atoms. The standard InChI is InChI=1S/C18H14N4O5/c1-26-14-4-3-11(18(24)25)15-12(14)7-10(27-15)8-20-17(23)13-9-21-22-6-2-5-19-16(13)22/h2-7,9H,8H2,1H3,(H,20,23)(H,24,25). The average molecular weight is 366 g/mol. The lowest BCUT2D eigenvalue weighted by molar-refractivity contribution is 0.0697. The maximum Gasteiger partial charge on any atom is 0.339 e. The molecule has 4 aromatic rings. The predicted octanol–water partition coefficient (Wildman–Crippen LogP) is 2.11. The molecule has 27 heavy (non-hydrogen) atoms. The number of carboxylic acid groups (broad SMARTS) is 1. The Balaban J connectivity index is 1.61. The van der Waals surface area contributed by atoms with E-state index in [0.717, 1.165) is 0 Å². The van der Waals surface area contributed by atoms with Gasteiger partial charge in [-0.25, -0.2) is 14.3 Å². The molecule has 0 saturated heterocycles. The average Bonchev–Trinajstić information content (AvgIpc) is 3.29. The summed E-state index contributed by atoms with van der Waals surface area (Å²) in [6.45, 7) is 0.0693. The van der Waals surface area contributed by atoms with Crippen LogP contribution in [0, 0.1) is 0 Å². The van der Waals surface area contributed by atoms with Gasteiger partial charge >= 0.3 is 5.97 Å². The van der Waals surface area contributed by atoms with Crippen LogP contribution in [0.2, 0.25) is 0 Å². The molecule has 0 fully saturated rings. The molecule has 0 saturated carbocycles. The van der Waals surface area contributed by atoms with Gasteiger partial charge in [0, 0.05) is 12.4 Å². The summed E-state index contributed by atoms with van der Waals surface area (Å²) in [6.07, 6.45) is 4.70. The number of rotatable bonds is 5. The van der Waals surface area contributed by atoms with Crippen LogP contribution in [0.3, 0.4) is 0 Å². The van der Waals surface area contributed by atoms with E-state index in [1.54, 1.807) is 30.6 Å². The van der Waals surface area contributed by atoms with Gasteiger partial charge in [0.1, 0.15) is 22.6 Å². The molecule has 0 unspecified atom stereocenters. The summed E-state index contributed by atoms with van der Waals surface area (Å²) in [5, 5.41) is 16.6. The zero-order chi connectivity index (χ0) is 19.0. The van der Waals surface area contributed by atoms with Crippen LogP contribution >= 0.6 is 0 Å². The van der Waals surface area contributed by atoms with E-state index in [4.69, 9.17) is 9.15 Å². The minimum absolute atomic E-state index is 0.0233. The number of hydrogen-bond donors (Lipinski definition) is 2. The molecule has 4 rings (SSSR count). The topological polar surface area (TPSA) is 119 Å². The number of furan rings is 1. The number of amides is 1. The fourth-order valence-corrected chi connectivity index (χ4v) is 2.83. The fourth-order valence-electron chi connectivity index (χ4n) is 2.83. The second kappa shape index (κ2) is 6.45. The Morgan fingerprint density at radius 2 is 2.19 bits per heavy atom. The van der Waals surface area contributed by atoms with Crippen LogP contribution in [-0.2, 0) is 6.54 Å². The minimum Gasteiger partial charge on any atom is -0.496 e. The molecular formula is C18H14N4O5. The van der Waals surface area contributed by atoms with Crippen LogP contribution in [0.15, 0.2) is 47.3 Å². The lowest BCUT2D eigenvalue weighted by atomic mass is 10.1. The highest BCUT2D eigenvalue weighted by Crippen LogP contribution is 2.31. The number of carbonyl (C=O) groups is 2. The van der Waals surface area contributed by atoms with E-state index >= 15 is 0 Å². The van der Waals surface area contributed by atoms with Crippen molar-refractivity contribution in [1.82, 2.24) is 19.9 Å². The van der Waals surface area contributed by atoms with Crippen molar-refractivity contribution >= 4 is 28.5 Å². The number of benzene rings is 1. The molecule has 0 aliphatic carbocycles. The van der Waals surface area contributed by atoms with Gasteiger partial charge in [-0.15, -0.1) is 0 Å². The summed E-state index contributed by atoms with van der Waals surface area (Å²) in [5.74, 6) is -0.586. The first-order valence-corrected chi connectivity index (χ1v) is 7.97. The maximum atomic E-state index is 12.4. The number of methoxy groups -OCH3 is 1. The predicted molar refractivity (Wildman–Crippen MR) is 93.9 cm³/mol. The zero-order valence-electron chi connectivity index (χ0n) is 14.2. The molecule has 3 heterocycles. The van der Waals surface area contributed by atoms with Crippen LogP contribution in [0.5, 0.6) is 5.75 Å². The number of aromatic nitrogens is 3. The normalized spacial score (nSPS) is 11.0. The van der Waals surface area contributed by atoms with E-state index < -0.39 is 5.97 Å². The Morgan fingerprint density at radius 1 is 1.33 bits per heavy atom. The van der Waals surface area contributed by atoms with E-state index in [1.165, 1.54) is 23.9 Å². The van der Waals surface area contributed by atoms with Gasteiger partial charge in [0.2, 0.25) is 0 Å². The lowest BCUT2D eigenvalue weighted by Gasteiger charge is -2.02. The van der Waals surface area contributed by atoms with Gasteiger partial charge in [-0.1, -0.05) is 0 Å². The van der Waals surface area contributed by atoms with Gasteiger partial charge in [0.05, 0.1) is 25.2 Å². The molecular weight excluding hydrogens is 352 g/mol. The van der Waals surface area contributed by atoms with Crippen molar-refractivity contribution in [3.8, 4) is 5.75 Å². The van der Waals surface area contributed by atoms with Gasteiger partial charge < -0.3 is 19.6 Å². The first-order valence-electron chi connectivity index (χ1n) is 7.97. The van der Waals surface area contributed by atoms with E-state index in [2.05, 4.69) is 15.4 Å². The SMILES string of the molecule is COc1ccc(C(=O)O)c2oc(CNC(=O)c3cnn4cccnc34)cc12. The Morgan fingerprint density at radius 3 is 2.96 bits per heavy atom. The Bertz CT molecular complexity index is 1180. The molecule has 3 aromatic heterocycles. The molecule has 0 atom stereocenters. The van der Waals surface area contributed by atoms with Crippen LogP contribution in [0.4, 0.5) is 0 Å². The van der Waals surface area contributed by atoms with Crippen LogP contribution < -0.4 is 10.1 Å². The Labute approximate surface area is 152 Å². The van der Waals surface area contributed by atoms with Crippen LogP contribution in [0.1, 0.15) is 26.5 Å². The molecule has 2 N–H and O–H groups in total. The van der Waals surface area contributed by atoms with Gasteiger partial charge in [0.25, 0.3) is 5.91 Å². The molecule has 136 valence electrons. The van der Waals surface area contributed by atoms with Gasteiger partial charge in [-0.2, -0.15) is 5.10 Å². The molecule has 9 heteroatoms. The number of fused-ring (bicyclic) bond motifs is 2. The second-order valence-electron chi connectivity index (χ2n) is 5.70. The van der Waals surface area contributed by atoms with Crippen molar-refractivity contribution in [2.24, 2.45) is 0 Å². The summed E-state index contributed by atoms with van der Waals surface area (Å²) in [6, 6.07) is 6.34. The minimum atomic E-state index is -1.11. The molecule has 0 spiro atoms. The molecule has 0 aliphatic heterocycles. The molecule has 0 aliphatic rings. The third kappa shape index (κ3) is 2.84. The quantitative estimate of drug-likeness (QED) is 0.555. The van der Waals surface area contributed by atoms with Gasteiger partial charge in [-0.3, -0.25) is 4.79 Å². The largest absolute Gasteiger partial charge is 0.496 e. The molecule has 1 aromatic carbocycles. The number of carboxylic acids is 1. The molecule has 9 nitrogen and oxygen atoms in total. The van der Waals surface area contributed by atoms with Crippen molar-refractivity contribution in [3.63, 3.8) is 0 Å². The van der Waals surface area contributed by atoms with E-state index in [-0.39, 0.29) is 23.6 Å². The number of nitrogens with one attached hydrogen (secondary N) is 1. The molecule has 0 radical (unpaired) electrons. The van der Waals surface area contributed by atoms with Crippen molar-refractivity contribution < 1.29 is 23.8 Å². The number of nitrogens with zero attached hydrogens (tertiary/aromatic N) is 3. The molecule has 1 amide bonds. The van der Waals surface area contributed by atoms with Crippen LogP contribution in [-0.4, -0.2) is 38.7 Å². The van der Waals surface area contributed by atoms with Gasteiger partial charge in [0.15, 0.2) is 11.2 Å². The number of hydrogen-bond acceptors (Lipinski definition) is 6. The third-order valence-corrected chi connectivity index (χ3v) is 4.09. The smallest absolute Gasteiger partial charge is 0.339 e. The zero-order valence-corrected chi connectivity index (χ0v) is 14.2. The summed E-state index contributed by atoms with van der Waals surface area (Å²) in [4.78, 5) is 28.0. The summed E-state index contributed by atoms with van der Waals surface area (Å²) in [7, 11) is 1.49. The van der Waals surface area contributed by atoms with Crippen molar-refractivity contribution in [2.75, 3.05) is 7.11 Å².